The Morgan fingerprint density at radius 3 is 2.83 bits per heavy atom. The smallest absolute Gasteiger partial charge is 0.293 e. The molecule has 2 aromatic carbocycles. The molecule has 1 saturated heterocycles. The molecule has 0 radical (unpaired) electrons. The molecule has 148 valence electrons. The third-order valence-corrected chi connectivity index (χ3v) is 4.89. The maximum atomic E-state index is 12.2. The molecule has 0 saturated carbocycles. The number of para-hydroxylation sites is 2. The number of nitrogens with one attached hydrogen (secondary N) is 1. The van der Waals surface area contributed by atoms with Gasteiger partial charge in [0.25, 0.3) is 11.6 Å². The van der Waals surface area contributed by atoms with Gasteiger partial charge in [-0.2, -0.15) is 5.10 Å². The number of carbonyl (C=O) groups excluding carboxylic acids is 1. The van der Waals surface area contributed by atoms with Gasteiger partial charge in [0.1, 0.15) is 12.2 Å². The van der Waals surface area contributed by atoms with Gasteiger partial charge in [-0.15, -0.1) is 0 Å². The Morgan fingerprint density at radius 2 is 2.03 bits per heavy atom. The molecule has 0 aliphatic carbocycles. The lowest BCUT2D eigenvalue weighted by Gasteiger charge is -2.17. The Bertz CT molecular complexity index is 1080. The van der Waals surface area contributed by atoms with Crippen LogP contribution in [0.3, 0.4) is 0 Å². The lowest BCUT2D eigenvalue weighted by atomic mass is 10.1. The Labute approximate surface area is 166 Å². The number of hydrogen-bond donors (Lipinski definition) is 1. The molecule has 4 rings (SSSR count). The number of carbonyl (C=O) groups is 1. The Morgan fingerprint density at radius 1 is 1.24 bits per heavy atom. The van der Waals surface area contributed by atoms with Crippen LogP contribution in [0.25, 0.3) is 11.0 Å². The molecule has 1 aromatic heterocycles. The van der Waals surface area contributed by atoms with E-state index in [4.69, 9.17) is 0 Å². The number of rotatable bonds is 6. The molecule has 1 amide bonds. The summed E-state index contributed by atoms with van der Waals surface area (Å²) in [7, 11) is 0. The molecule has 1 fully saturated rings. The zero-order chi connectivity index (χ0) is 20.2. The van der Waals surface area contributed by atoms with E-state index in [-0.39, 0.29) is 23.1 Å². The van der Waals surface area contributed by atoms with Crippen LogP contribution < -0.4 is 10.3 Å². The summed E-state index contributed by atoms with van der Waals surface area (Å²) in [6.07, 6.45) is 5.09. The molecule has 1 aliphatic heterocycles. The van der Waals surface area contributed by atoms with E-state index in [1.807, 2.05) is 29.2 Å². The van der Waals surface area contributed by atoms with Crippen LogP contribution >= 0.6 is 0 Å². The van der Waals surface area contributed by atoms with E-state index in [1.165, 1.54) is 12.3 Å². The molecule has 9 nitrogen and oxygen atoms in total. The van der Waals surface area contributed by atoms with Crippen LogP contribution in [0.4, 0.5) is 11.4 Å². The second kappa shape index (κ2) is 8.09. The van der Waals surface area contributed by atoms with Crippen molar-refractivity contribution in [1.82, 2.24) is 15.0 Å². The number of nitro benzene ring substituents is 1. The summed E-state index contributed by atoms with van der Waals surface area (Å²) < 4.78 is 1.73. The summed E-state index contributed by atoms with van der Waals surface area (Å²) in [5.41, 5.74) is 5.35. The van der Waals surface area contributed by atoms with Crippen LogP contribution in [-0.4, -0.2) is 39.7 Å². The van der Waals surface area contributed by atoms with Crippen LogP contribution in [0, 0.1) is 10.1 Å². The van der Waals surface area contributed by atoms with Crippen LogP contribution in [-0.2, 0) is 11.3 Å². The third kappa shape index (κ3) is 4.08. The molecule has 0 spiro atoms. The van der Waals surface area contributed by atoms with Gasteiger partial charge in [0.2, 0.25) is 0 Å². The number of amides is 1. The lowest BCUT2D eigenvalue weighted by molar-refractivity contribution is -0.384. The highest BCUT2D eigenvalue weighted by molar-refractivity contribution is 5.85. The fourth-order valence-electron chi connectivity index (χ4n) is 3.50. The predicted octanol–water partition coefficient (Wildman–Crippen LogP) is 2.70. The summed E-state index contributed by atoms with van der Waals surface area (Å²) in [4.78, 5) is 29.5. The Balaban J connectivity index is 1.42. The number of nitrogens with zero attached hydrogens (tertiary/aromatic N) is 5. The third-order valence-electron chi connectivity index (χ3n) is 4.89. The maximum absolute atomic E-state index is 12.2. The van der Waals surface area contributed by atoms with E-state index < -0.39 is 0 Å². The summed E-state index contributed by atoms with van der Waals surface area (Å²) in [6.45, 7) is 1.73. The number of hydrazone groups is 1. The largest absolute Gasteiger partial charge is 0.366 e. The number of hydrogen-bond acceptors (Lipinski definition) is 6. The molecule has 1 N–H and O–H groups in total. The maximum Gasteiger partial charge on any atom is 0.293 e. The topological polar surface area (TPSA) is 106 Å². The first kappa shape index (κ1) is 18.6. The van der Waals surface area contributed by atoms with Crippen molar-refractivity contribution in [2.24, 2.45) is 5.10 Å². The zero-order valence-corrected chi connectivity index (χ0v) is 15.7. The van der Waals surface area contributed by atoms with Crippen LogP contribution in [0.5, 0.6) is 0 Å². The van der Waals surface area contributed by atoms with Gasteiger partial charge in [0.15, 0.2) is 0 Å². The molecular weight excluding hydrogens is 372 g/mol. The van der Waals surface area contributed by atoms with Crippen molar-refractivity contribution in [2.75, 3.05) is 18.0 Å². The highest BCUT2D eigenvalue weighted by Gasteiger charge is 2.22. The van der Waals surface area contributed by atoms with Crippen LogP contribution in [0.2, 0.25) is 0 Å². The first-order valence-corrected chi connectivity index (χ1v) is 9.37. The van der Waals surface area contributed by atoms with Gasteiger partial charge in [0, 0.05) is 24.7 Å². The number of benzene rings is 2. The van der Waals surface area contributed by atoms with E-state index in [9.17, 15) is 14.9 Å². The molecule has 1 aliphatic rings. The number of aromatic nitrogens is 2. The minimum Gasteiger partial charge on any atom is -0.366 e. The number of fused-ring (bicyclic) bond motifs is 1. The van der Waals surface area contributed by atoms with E-state index in [1.54, 1.807) is 23.0 Å². The average Bonchev–Trinajstić information content (AvgIpc) is 3.39. The van der Waals surface area contributed by atoms with Gasteiger partial charge < -0.3 is 9.47 Å². The molecule has 29 heavy (non-hydrogen) atoms. The van der Waals surface area contributed by atoms with E-state index in [2.05, 4.69) is 15.5 Å². The molecule has 0 unspecified atom stereocenters. The van der Waals surface area contributed by atoms with Crippen molar-refractivity contribution < 1.29 is 9.72 Å². The number of anilines is 1. The lowest BCUT2D eigenvalue weighted by Crippen LogP contribution is -2.22. The summed E-state index contributed by atoms with van der Waals surface area (Å²) >= 11 is 0. The van der Waals surface area contributed by atoms with Gasteiger partial charge >= 0.3 is 0 Å². The first-order valence-electron chi connectivity index (χ1n) is 9.37. The number of nitro groups is 1. The van der Waals surface area contributed by atoms with Gasteiger partial charge in [-0.1, -0.05) is 18.2 Å². The summed E-state index contributed by atoms with van der Waals surface area (Å²) in [5, 5.41) is 15.4. The van der Waals surface area contributed by atoms with Gasteiger partial charge in [0.05, 0.1) is 28.5 Å². The van der Waals surface area contributed by atoms with Crippen molar-refractivity contribution in [1.29, 1.82) is 0 Å². The summed E-state index contributed by atoms with van der Waals surface area (Å²) in [6, 6.07) is 12.5. The van der Waals surface area contributed by atoms with Gasteiger partial charge in [-0.25, -0.2) is 10.4 Å². The molecule has 3 aromatic rings. The van der Waals surface area contributed by atoms with Crippen molar-refractivity contribution in [3.8, 4) is 0 Å². The second-order valence-corrected chi connectivity index (χ2v) is 6.85. The van der Waals surface area contributed by atoms with Gasteiger partial charge in [-0.3, -0.25) is 14.9 Å². The standard InChI is InChI=1S/C20H20N6O3/c27-20(13-25-14-21-16-5-1-2-6-17(16)25)23-22-12-15-7-8-18(19(11-15)26(28)29)24-9-3-4-10-24/h1-2,5-8,11-12,14H,3-4,9-10,13H2,(H,23,27). The highest BCUT2D eigenvalue weighted by atomic mass is 16.6. The van der Waals surface area contributed by atoms with Crippen LogP contribution in [0.15, 0.2) is 53.9 Å². The van der Waals surface area contributed by atoms with E-state index in [0.717, 1.165) is 37.0 Å². The minimum atomic E-state index is -0.381. The number of imidazole rings is 1. The first-order chi connectivity index (χ1) is 14.1. The fourth-order valence-corrected chi connectivity index (χ4v) is 3.50. The Hall–Kier alpha value is -3.75. The monoisotopic (exact) mass is 392 g/mol. The van der Waals surface area contributed by atoms with E-state index >= 15 is 0 Å². The highest BCUT2D eigenvalue weighted by Crippen LogP contribution is 2.31. The fraction of sp³-hybridized carbons (Fsp3) is 0.250. The zero-order valence-electron chi connectivity index (χ0n) is 15.7. The molecule has 0 atom stereocenters. The van der Waals surface area contributed by atoms with Crippen molar-refractivity contribution in [3.05, 3.63) is 64.5 Å². The average molecular weight is 392 g/mol. The summed E-state index contributed by atoms with van der Waals surface area (Å²) in [5.74, 6) is -0.312. The quantitative estimate of drug-likeness (QED) is 0.394. The second-order valence-electron chi connectivity index (χ2n) is 6.85. The molecule has 0 bridgehead atoms. The molecule has 9 heteroatoms. The van der Waals surface area contributed by atoms with Crippen molar-refractivity contribution in [3.63, 3.8) is 0 Å². The normalized spacial score (nSPS) is 14.0. The van der Waals surface area contributed by atoms with E-state index in [0.29, 0.717) is 11.3 Å². The van der Waals surface area contributed by atoms with Crippen molar-refractivity contribution >= 4 is 34.5 Å². The predicted molar refractivity (Wildman–Crippen MR) is 110 cm³/mol. The minimum absolute atomic E-state index is 0.0482. The SMILES string of the molecule is O=C(Cn1cnc2ccccc21)NN=Cc1ccc(N2CCCC2)c([N+](=O)[O-])c1. The van der Waals surface area contributed by atoms with Crippen LogP contribution in [0.1, 0.15) is 18.4 Å². The van der Waals surface area contributed by atoms with Crippen molar-refractivity contribution in [2.45, 2.75) is 19.4 Å². The van der Waals surface area contributed by atoms with Gasteiger partial charge in [-0.05, 0) is 31.0 Å². The Kier molecular flexibility index (Phi) is 5.19. The molecule has 2 heterocycles. The molecular formula is C20H20N6O3.